The number of aromatic nitrogens is 2. The number of rotatable bonds is 3. The van der Waals surface area contributed by atoms with Crippen molar-refractivity contribution in [2.45, 2.75) is 11.8 Å². The summed E-state index contributed by atoms with van der Waals surface area (Å²) in [4.78, 5) is 7.91. The first-order chi connectivity index (χ1) is 8.47. The minimum absolute atomic E-state index is 0.0381. The summed E-state index contributed by atoms with van der Waals surface area (Å²) in [7, 11) is -3.68. The molecule has 1 heterocycles. The molecule has 0 bridgehead atoms. The fourth-order valence-corrected chi connectivity index (χ4v) is 2.56. The maximum Gasteiger partial charge on any atom is 0.264 e. The van der Waals surface area contributed by atoms with Gasteiger partial charge in [0.15, 0.2) is 0 Å². The van der Waals surface area contributed by atoms with E-state index >= 15 is 0 Å². The van der Waals surface area contributed by atoms with Crippen LogP contribution in [-0.4, -0.2) is 18.4 Å². The molecule has 0 saturated carbocycles. The molecule has 1 aromatic carbocycles. The Morgan fingerprint density at radius 2 is 1.83 bits per heavy atom. The van der Waals surface area contributed by atoms with E-state index in [-0.39, 0.29) is 16.0 Å². The Bertz CT molecular complexity index is 639. The highest BCUT2D eigenvalue weighted by molar-refractivity contribution is 7.92. The zero-order valence-corrected chi connectivity index (χ0v) is 11.0. The van der Waals surface area contributed by atoms with Crippen LogP contribution in [0.15, 0.2) is 41.3 Å². The van der Waals surface area contributed by atoms with Gasteiger partial charge in [-0.05, 0) is 25.1 Å². The minimum Gasteiger partial charge on any atom is -0.247 e. The molecule has 0 spiro atoms. The van der Waals surface area contributed by atoms with Crippen molar-refractivity contribution in [1.29, 1.82) is 0 Å². The lowest BCUT2D eigenvalue weighted by Crippen LogP contribution is -2.15. The molecule has 0 amide bonds. The predicted molar refractivity (Wildman–Crippen MR) is 69.0 cm³/mol. The van der Waals surface area contributed by atoms with E-state index in [1.54, 1.807) is 31.2 Å². The average molecular weight is 284 g/mol. The summed E-state index contributed by atoms with van der Waals surface area (Å²) in [5.41, 5.74) is 0.584. The number of benzene rings is 1. The molecule has 0 aliphatic carbocycles. The van der Waals surface area contributed by atoms with Crippen LogP contribution in [0.4, 0.5) is 5.95 Å². The van der Waals surface area contributed by atoms with Gasteiger partial charge in [0.2, 0.25) is 5.95 Å². The molecule has 2 aromatic rings. The van der Waals surface area contributed by atoms with Gasteiger partial charge < -0.3 is 0 Å². The molecule has 0 aliphatic rings. The van der Waals surface area contributed by atoms with Crippen molar-refractivity contribution in [3.63, 3.8) is 0 Å². The van der Waals surface area contributed by atoms with Gasteiger partial charge in [-0.25, -0.2) is 23.1 Å². The molecule has 94 valence electrons. The van der Waals surface area contributed by atoms with Crippen LogP contribution in [0.2, 0.25) is 5.15 Å². The Balaban J connectivity index is 2.34. The van der Waals surface area contributed by atoms with E-state index in [1.165, 1.54) is 12.1 Å². The second kappa shape index (κ2) is 4.91. The van der Waals surface area contributed by atoms with Gasteiger partial charge >= 0.3 is 0 Å². The molecule has 0 radical (unpaired) electrons. The first kappa shape index (κ1) is 12.8. The number of sulfonamides is 1. The summed E-state index contributed by atoms with van der Waals surface area (Å²) in [5, 5.41) is 0.188. The monoisotopic (exact) mass is 283 g/mol. The topological polar surface area (TPSA) is 72.0 Å². The van der Waals surface area contributed by atoms with Crippen LogP contribution in [0.25, 0.3) is 0 Å². The lowest BCUT2D eigenvalue weighted by Gasteiger charge is -2.07. The fraction of sp³-hybridized carbons (Fsp3) is 0.0909. The lowest BCUT2D eigenvalue weighted by molar-refractivity contribution is 0.601. The van der Waals surface area contributed by atoms with Crippen LogP contribution in [0.5, 0.6) is 0 Å². The largest absolute Gasteiger partial charge is 0.264 e. The van der Waals surface area contributed by atoms with Gasteiger partial charge in [-0.2, -0.15) is 0 Å². The number of nitrogens with one attached hydrogen (secondary N) is 1. The summed E-state index contributed by atoms with van der Waals surface area (Å²) < 4.78 is 26.3. The van der Waals surface area contributed by atoms with Gasteiger partial charge in [0, 0.05) is 5.69 Å². The van der Waals surface area contributed by atoms with E-state index in [0.717, 1.165) is 0 Å². The molecule has 18 heavy (non-hydrogen) atoms. The molecule has 0 unspecified atom stereocenters. The zero-order chi connectivity index (χ0) is 13.2. The number of aryl methyl sites for hydroxylation is 1. The Hall–Kier alpha value is -1.66. The van der Waals surface area contributed by atoms with Crippen LogP contribution in [0.3, 0.4) is 0 Å². The van der Waals surface area contributed by atoms with Crippen molar-refractivity contribution in [2.75, 3.05) is 4.72 Å². The summed E-state index contributed by atoms with van der Waals surface area (Å²) in [6.07, 6.45) is 0. The predicted octanol–water partition coefficient (Wildman–Crippen LogP) is 2.24. The Labute approximate surface area is 110 Å². The highest BCUT2D eigenvalue weighted by Gasteiger charge is 2.15. The number of hydrogen-bond donors (Lipinski definition) is 1. The molecule has 0 fully saturated rings. The SMILES string of the molecule is Cc1cc(Cl)nc(NS(=O)(=O)c2ccccc2)n1. The normalized spacial score (nSPS) is 11.2. The molecule has 2 rings (SSSR count). The summed E-state index contributed by atoms with van der Waals surface area (Å²) >= 11 is 5.74. The van der Waals surface area contributed by atoms with Crippen molar-refractivity contribution >= 4 is 27.6 Å². The third-order valence-electron chi connectivity index (χ3n) is 2.10. The highest BCUT2D eigenvalue weighted by atomic mass is 35.5. The molecular formula is C11H10ClN3O2S. The second-order valence-corrected chi connectivity index (χ2v) is 5.64. The van der Waals surface area contributed by atoms with Gasteiger partial charge in [-0.3, -0.25) is 0 Å². The Kier molecular flexibility index (Phi) is 3.49. The van der Waals surface area contributed by atoms with Crippen LogP contribution in [0, 0.1) is 6.92 Å². The fourth-order valence-electron chi connectivity index (χ4n) is 1.35. The van der Waals surface area contributed by atoms with E-state index in [2.05, 4.69) is 14.7 Å². The molecule has 1 aromatic heterocycles. The molecule has 0 saturated heterocycles. The molecule has 5 nitrogen and oxygen atoms in total. The lowest BCUT2D eigenvalue weighted by atomic mass is 10.4. The van der Waals surface area contributed by atoms with Gasteiger partial charge in [-0.1, -0.05) is 29.8 Å². The third-order valence-corrected chi connectivity index (χ3v) is 3.64. The maximum atomic E-state index is 12.0. The van der Waals surface area contributed by atoms with Crippen molar-refractivity contribution < 1.29 is 8.42 Å². The summed E-state index contributed by atoms with van der Waals surface area (Å²) in [6.45, 7) is 1.70. The molecule has 1 N–H and O–H groups in total. The third kappa shape index (κ3) is 2.96. The number of halogens is 1. The zero-order valence-electron chi connectivity index (χ0n) is 9.46. The Morgan fingerprint density at radius 3 is 2.44 bits per heavy atom. The summed E-state index contributed by atoms with van der Waals surface area (Å²) in [6, 6.07) is 9.53. The molecule has 0 aliphatic heterocycles. The van der Waals surface area contributed by atoms with E-state index < -0.39 is 10.0 Å². The van der Waals surface area contributed by atoms with E-state index in [1.807, 2.05) is 0 Å². The van der Waals surface area contributed by atoms with Crippen LogP contribution >= 0.6 is 11.6 Å². The van der Waals surface area contributed by atoms with Crippen LogP contribution < -0.4 is 4.72 Å². The van der Waals surface area contributed by atoms with Crippen molar-refractivity contribution in [3.05, 3.63) is 47.2 Å². The number of anilines is 1. The number of hydrogen-bond acceptors (Lipinski definition) is 4. The quantitative estimate of drug-likeness (QED) is 0.877. The van der Waals surface area contributed by atoms with Crippen LogP contribution in [-0.2, 0) is 10.0 Å². The molecule has 7 heteroatoms. The first-order valence-electron chi connectivity index (χ1n) is 5.06. The van der Waals surface area contributed by atoms with Gasteiger partial charge in [0.05, 0.1) is 4.90 Å². The summed E-state index contributed by atoms with van der Waals surface area (Å²) in [5.74, 6) is -0.0381. The smallest absolute Gasteiger partial charge is 0.247 e. The van der Waals surface area contributed by atoms with E-state index in [9.17, 15) is 8.42 Å². The van der Waals surface area contributed by atoms with Crippen molar-refractivity contribution in [2.24, 2.45) is 0 Å². The Morgan fingerprint density at radius 1 is 1.17 bits per heavy atom. The molecule has 0 atom stereocenters. The number of nitrogens with zero attached hydrogens (tertiary/aromatic N) is 2. The maximum absolute atomic E-state index is 12.0. The van der Waals surface area contributed by atoms with Gasteiger partial charge in [0.1, 0.15) is 5.15 Å². The minimum atomic E-state index is -3.68. The van der Waals surface area contributed by atoms with E-state index in [0.29, 0.717) is 5.69 Å². The second-order valence-electron chi connectivity index (χ2n) is 3.57. The van der Waals surface area contributed by atoms with E-state index in [4.69, 9.17) is 11.6 Å². The average Bonchev–Trinajstić information content (AvgIpc) is 2.28. The van der Waals surface area contributed by atoms with Crippen molar-refractivity contribution in [3.8, 4) is 0 Å². The molecular weight excluding hydrogens is 274 g/mol. The standard InChI is InChI=1S/C11H10ClN3O2S/c1-8-7-10(12)14-11(13-8)15-18(16,17)9-5-3-2-4-6-9/h2-7H,1H3,(H,13,14,15). The van der Waals surface area contributed by atoms with Gasteiger partial charge in [-0.15, -0.1) is 0 Å². The van der Waals surface area contributed by atoms with Gasteiger partial charge in [0.25, 0.3) is 10.0 Å². The first-order valence-corrected chi connectivity index (χ1v) is 6.92. The van der Waals surface area contributed by atoms with Crippen LogP contribution in [0.1, 0.15) is 5.69 Å². The van der Waals surface area contributed by atoms with Crippen molar-refractivity contribution in [1.82, 2.24) is 9.97 Å². The highest BCUT2D eigenvalue weighted by Crippen LogP contribution is 2.15.